The van der Waals surface area contributed by atoms with Gasteiger partial charge in [-0.05, 0) is 38.1 Å². The van der Waals surface area contributed by atoms with Crippen LogP contribution >= 0.6 is 0 Å². The minimum Gasteiger partial charge on any atom is -0.478 e. The van der Waals surface area contributed by atoms with Crippen molar-refractivity contribution in [2.24, 2.45) is 5.73 Å². The molecule has 0 radical (unpaired) electrons. The highest BCUT2D eigenvalue weighted by molar-refractivity contribution is 5.97. The summed E-state index contributed by atoms with van der Waals surface area (Å²) in [5.74, 6) is -2.01. The molecule has 0 saturated carbocycles. The van der Waals surface area contributed by atoms with Crippen LogP contribution in [0.15, 0.2) is 24.3 Å². The largest absolute Gasteiger partial charge is 0.478 e. The Kier molecular flexibility index (Phi) is 4.63. The second-order valence-corrected chi connectivity index (χ2v) is 4.38. The molecule has 0 unspecified atom stereocenters. The molecule has 0 aliphatic carbocycles. The number of hydrogen-bond donors (Lipinski definition) is 2. The quantitative estimate of drug-likeness (QED) is 0.818. The SMILES string of the molecule is CC(C)N(CC(N)=O)C(=O)c1ccc(C(=O)O)cc1. The Morgan fingerprint density at radius 2 is 1.63 bits per heavy atom. The van der Waals surface area contributed by atoms with Gasteiger partial charge in [0.1, 0.15) is 0 Å². The van der Waals surface area contributed by atoms with Gasteiger partial charge in [0.2, 0.25) is 5.91 Å². The van der Waals surface area contributed by atoms with Crippen molar-refractivity contribution >= 4 is 17.8 Å². The Labute approximate surface area is 110 Å². The number of carboxylic acids is 1. The number of carbonyl (C=O) groups is 3. The number of rotatable bonds is 5. The fraction of sp³-hybridized carbons (Fsp3) is 0.308. The molecule has 19 heavy (non-hydrogen) atoms. The van der Waals surface area contributed by atoms with Crippen molar-refractivity contribution in [1.82, 2.24) is 4.90 Å². The highest BCUT2D eigenvalue weighted by Gasteiger charge is 2.20. The lowest BCUT2D eigenvalue weighted by Gasteiger charge is -2.25. The number of amides is 2. The predicted molar refractivity (Wildman–Crippen MR) is 68.8 cm³/mol. The number of carboxylic acid groups (broad SMARTS) is 1. The van der Waals surface area contributed by atoms with Gasteiger partial charge in [-0.3, -0.25) is 9.59 Å². The number of hydrogen-bond acceptors (Lipinski definition) is 3. The summed E-state index contributed by atoms with van der Waals surface area (Å²) in [5, 5.41) is 8.77. The number of primary amides is 1. The van der Waals surface area contributed by atoms with Gasteiger partial charge >= 0.3 is 5.97 Å². The van der Waals surface area contributed by atoms with Crippen LogP contribution in [-0.2, 0) is 4.79 Å². The van der Waals surface area contributed by atoms with Crippen molar-refractivity contribution in [2.75, 3.05) is 6.54 Å². The van der Waals surface area contributed by atoms with E-state index >= 15 is 0 Å². The van der Waals surface area contributed by atoms with Crippen molar-refractivity contribution in [3.05, 3.63) is 35.4 Å². The smallest absolute Gasteiger partial charge is 0.335 e. The van der Waals surface area contributed by atoms with E-state index in [-0.39, 0.29) is 24.1 Å². The van der Waals surface area contributed by atoms with Gasteiger partial charge in [0.15, 0.2) is 0 Å². The molecule has 0 spiro atoms. The molecule has 0 bridgehead atoms. The van der Waals surface area contributed by atoms with Crippen LogP contribution in [0, 0.1) is 0 Å². The first-order valence-corrected chi connectivity index (χ1v) is 5.75. The van der Waals surface area contributed by atoms with Crippen molar-refractivity contribution in [2.45, 2.75) is 19.9 Å². The third kappa shape index (κ3) is 3.80. The molecular weight excluding hydrogens is 248 g/mol. The molecule has 0 aliphatic heterocycles. The maximum absolute atomic E-state index is 12.2. The third-order valence-corrected chi connectivity index (χ3v) is 2.59. The molecule has 1 aromatic rings. The van der Waals surface area contributed by atoms with Crippen LogP contribution in [0.2, 0.25) is 0 Å². The minimum atomic E-state index is -1.06. The molecular formula is C13H16N2O4. The zero-order valence-corrected chi connectivity index (χ0v) is 10.8. The highest BCUT2D eigenvalue weighted by atomic mass is 16.4. The minimum absolute atomic E-state index is 0.0996. The number of nitrogens with zero attached hydrogens (tertiary/aromatic N) is 1. The van der Waals surface area contributed by atoms with Crippen molar-refractivity contribution in [1.29, 1.82) is 0 Å². The molecule has 6 heteroatoms. The van der Waals surface area contributed by atoms with Gasteiger partial charge in [0, 0.05) is 11.6 Å². The van der Waals surface area contributed by atoms with E-state index in [9.17, 15) is 14.4 Å². The maximum atomic E-state index is 12.2. The van der Waals surface area contributed by atoms with Crippen LogP contribution in [0.4, 0.5) is 0 Å². The van der Waals surface area contributed by atoms with Gasteiger partial charge in [-0.1, -0.05) is 0 Å². The van der Waals surface area contributed by atoms with Crippen LogP contribution in [0.1, 0.15) is 34.6 Å². The van der Waals surface area contributed by atoms with E-state index in [4.69, 9.17) is 10.8 Å². The number of benzene rings is 1. The van der Waals surface area contributed by atoms with Crippen LogP contribution in [0.3, 0.4) is 0 Å². The molecule has 0 fully saturated rings. The summed E-state index contributed by atoms with van der Waals surface area (Å²) in [6.45, 7) is 3.37. The van der Waals surface area contributed by atoms with Gasteiger partial charge in [-0.25, -0.2) is 4.79 Å². The van der Waals surface area contributed by atoms with Crippen LogP contribution in [-0.4, -0.2) is 40.4 Å². The number of carbonyl (C=O) groups excluding carboxylic acids is 2. The van der Waals surface area contributed by atoms with Gasteiger partial charge in [-0.2, -0.15) is 0 Å². The topological polar surface area (TPSA) is 101 Å². The first-order chi connectivity index (χ1) is 8.82. The zero-order chi connectivity index (χ0) is 14.6. The van der Waals surface area contributed by atoms with E-state index in [1.807, 2.05) is 0 Å². The van der Waals surface area contributed by atoms with Crippen LogP contribution in [0.5, 0.6) is 0 Å². The average Bonchev–Trinajstić information content (AvgIpc) is 2.34. The van der Waals surface area contributed by atoms with Crippen molar-refractivity contribution in [3.8, 4) is 0 Å². The van der Waals surface area contributed by atoms with E-state index in [0.717, 1.165) is 0 Å². The second-order valence-electron chi connectivity index (χ2n) is 4.38. The second kappa shape index (κ2) is 5.99. The highest BCUT2D eigenvalue weighted by Crippen LogP contribution is 2.10. The molecule has 0 aromatic heterocycles. The van der Waals surface area contributed by atoms with Crippen molar-refractivity contribution in [3.63, 3.8) is 0 Å². The summed E-state index contributed by atoms with van der Waals surface area (Å²) in [5.41, 5.74) is 5.52. The van der Waals surface area contributed by atoms with E-state index in [2.05, 4.69) is 0 Å². The van der Waals surface area contributed by atoms with Crippen LogP contribution in [0.25, 0.3) is 0 Å². The summed E-state index contributed by atoms with van der Waals surface area (Å²) in [6.07, 6.45) is 0. The monoisotopic (exact) mass is 264 g/mol. The molecule has 3 N–H and O–H groups in total. The van der Waals surface area contributed by atoms with Crippen LogP contribution < -0.4 is 5.73 Å². The molecule has 2 amide bonds. The summed E-state index contributed by atoms with van der Waals surface area (Å²) in [4.78, 5) is 35.2. The first-order valence-electron chi connectivity index (χ1n) is 5.75. The average molecular weight is 264 g/mol. The van der Waals surface area contributed by atoms with Gasteiger partial charge < -0.3 is 15.7 Å². The Morgan fingerprint density at radius 1 is 1.16 bits per heavy atom. The molecule has 6 nitrogen and oxygen atoms in total. The van der Waals surface area contributed by atoms with Gasteiger partial charge in [-0.15, -0.1) is 0 Å². The lowest BCUT2D eigenvalue weighted by atomic mass is 10.1. The van der Waals surface area contributed by atoms with E-state index in [0.29, 0.717) is 5.56 Å². The Hall–Kier alpha value is -2.37. The lowest BCUT2D eigenvalue weighted by Crippen LogP contribution is -2.42. The standard InChI is InChI=1S/C13H16N2O4/c1-8(2)15(7-11(14)16)12(17)9-3-5-10(6-4-9)13(18)19/h3-6,8H,7H2,1-2H3,(H2,14,16)(H,18,19). The molecule has 0 saturated heterocycles. The van der Waals surface area contributed by atoms with Crippen molar-refractivity contribution < 1.29 is 19.5 Å². The fourth-order valence-electron chi connectivity index (χ4n) is 1.58. The normalized spacial score (nSPS) is 10.3. The van der Waals surface area contributed by atoms with Gasteiger partial charge in [0.25, 0.3) is 5.91 Å². The summed E-state index contributed by atoms with van der Waals surface area (Å²) in [6, 6.07) is 5.35. The summed E-state index contributed by atoms with van der Waals surface area (Å²) in [7, 11) is 0. The Morgan fingerprint density at radius 3 is 2.00 bits per heavy atom. The lowest BCUT2D eigenvalue weighted by molar-refractivity contribution is -0.119. The van der Waals surface area contributed by atoms with Gasteiger partial charge in [0.05, 0.1) is 12.1 Å². The first kappa shape index (κ1) is 14.7. The van der Waals surface area contributed by atoms with E-state index in [1.165, 1.54) is 29.2 Å². The number of nitrogens with two attached hydrogens (primary N) is 1. The Balaban J connectivity index is 2.96. The zero-order valence-electron chi connectivity index (χ0n) is 10.8. The summed E-state index contributed by atoms with van der Waals surface area (Å²) < 4.78 is 0. The third-order valence-electron chi connectivity index (χ3n) is 2.59. The molecule has 1 aromatic carbocycles. The summed E-state index contributed by atoms with van der Waals surface area (Å²) >= 11 is 0. The maximum Gasteiger partial charge on any atom is 0.335 e. The van der Waals surface area contributed by atoms with E-state index in [1.54, 1.807) is 13.8 Å². The molecule has 1 rings (SSSR count). The molecule has 0 heterocycles. The molecule has 0 atom stereocenters. The number of aromatic carboxylic acids is 1. The molecule has 0 aliphatic rings. The fourth-order valence-corrected chi connectivity index (χ4v) is 1.58. The predicted octanol–water partition coefficient (Wildman–Crippen LogP) is 0.721. The molecule has 102 valence electrons. The Bertz CT molecular complexity index is 494. The van der Waals surface area contributed by atoms with E-state index < -0.39 is 11.9 Å².